The summed E-state index contributed by atoms with van der Waals surface area (Å²) in [4.78, 5) is 22.4. The predicted octanol–water partition coefficient (Wildman–Crippen LogP) is 2.77. The summed E-state index contributed by atoms with van der Waals surface area (Å²) in [5, 5.41) is 9.01. The van der Waals surface area contributed by atoms with Gasteiger partial charge in [0, 0.05) is 17.9 Å². The molecule has 0 aromatic heterocycles. The van der Waals surface area contributed by atoms with Crippen molar-refractivity contribution in [3.63, 3.8) is 0 Å². The second kappa shape index (κ2) is 6.19. The maximum absolute atomic E-state index is 11.4. The molecule has 1 N–H and O–H groups in total. The highest BCUT2D eigenvalue weighted by Gasteiger charge is 2.23. The molecular formula is C14H18O4. The maximum atomic E-state index is 11.4. The number of benzene rings is 1. The lowest BCUT2D eigenvalue weighted by atomic mass is 10.1. The van der Waals surface area contributed by atoms with E-state index in [0.717, 1.165) is 0 Å². The number of carbonyl (C=O) groups excluding carboxylic acids is 1. The van der Waals surface area contributed by atoms with E-state index in [1.807, 2.05) is 0 Å². The van der Waals surface area contributed by atoms with Crippen LogP contribution in [0, 0.1) is 5.92 Å². The highest BCUT2D eigenvalue weighted by molar-refractivity contribution is 5.95. The number of hydrogen-bond donors (Lipinski definition) is 1. The first-order chi connectivity index (χ1) is 8.45. The van der Waals surface area contributed by atoms with Crippen molar-refractivity contribution in [1.82, 2.24) is 0 Å². The summed E-state index contributed by atoms with van der Waals surface area (Å²) in [6, 6.07) is 6.56. The zero-order valence-electron chi connectivity index (χ0n) is 10.8. The van der Waals surface area contributed by atoms with Gasteiger partial charge in [-0.25, -0.2) is 4.79 Å². The third-order valence-electron chi connectivity index (χ3n) is 2.61. The van der Waals surface area contributed by atoms with Gasteiger partial charge < -0.3 is 9.84 Å². The molecule has 1 atom stereocenters. The Kier molecular flexibility index (Phi) is 4.89. The quantitative estimate of drug-likeness (QED) is 0.788. The lowest BCUT2D eigenvalue weighted by molar-refractivity contribution is -0.147. The Balaban J connectivity index is 2.79. The third-order valence-corrected chi connectivity index (χ3v) is 2.61. The zero-order chi connectivity index (χ0) is 13.7. The van der Waals surface area contributed by atoms with E-state index in [1.165, 1.54) is 0 Å². The highest BCUT2D eigenvalue weighted by Crippen LogP contribution is 2.18. The number of hydrogen-bond acceptors (Lipinski definition) is 3. The highest BCUT2D eigenvalue weighted by atomic mass is 16.5. The van der Waals surface area contributed by atoms with Crippen molar-refractivity contribution in [2.45, 2.75) is 33.3 Å². The molecule has 0 bridgehead atoms. The van der Waals surface area contributed by atoms with Crippen LogP contribution >= 0.6 is 0 Å². The molecule has 4 nitrogen and oxygen atoms in total. The van der Waals surface area contributed by atoms with E-state index in [9.17, 15) is 9.59 Å². The number of aliphatic carboxylic acids is 1. The summed E-state index contributed by atoms with van der Waals surface area (Å²) in [6.45, 7) is 5.37. The van der Waals surface area contributed by atoms with Crippen LogP contribution in [-0.4, -0.2) is 23.0 Å². The normalized spacial score (nSPS) is 12.2. The molecule has 0 aliphatic rings. The molecule has 0 amide bonds. The van der Waals surface area contributed by atoms with Gasteiger partial charge in [0.2, 0.25) is 0 Å². The van der Waals surface area contributed by atoms with Crippen molar-refractivity contribution in [2.75, 3.05) is 0 Å². The molecule has 1 aromatic rings. The summed E-state index contributed by atoms with van der Waals surface area (Å²) in [7, 11) is 0. The Labute approximate surface area is 107 Å². The van der Waals surface area contributed by atoms with E-state index in [4.69, 9.17) is 9.84 Å². The van der Waals surface area contributed by atoms with Crippen LogP contribution in [-0.2, 0) is 4.79 Å². The standard InChI is InChI=1S/C14H18O4/c1-4-12(15)10-5-7-11(8-6-10)18-13(9(2)3)14(16)17/h5-9,13H,4H2,1-3H3,(H,16,17). The number of Topliss-reactive ketones (excluding diaryl/α,β-unsaturated/α-hetero) is 1. The first-order valence-corrected chi connectivity index (χ1v) is 5.98. The number of carbonyl (C=O) groups is 2. The van der Waals surface area contributed by atoms with E-state index in [0.29, 0.717) is 17.7 Å². The molecule has 98 valence electrons. The number of ketones is 1. The average molecular weight is 250 g/mol. The molecule has 18 heavy (non-hydrogen) atoms. The van der Waals surface area contributed by atoms with Crippen molar-refractivity contribution in [3.05, 3.63) is 29.8 Å². The number of ether oxygens (including phenoxy) is 1. The molecule has 1 aromatic carbocycles. The molecule has 1 unspecified atom stereocenters. The fraction of sp³-hybridized carbons (Fsp3) is 0.429. The topological polar surface area (TPSA) is 63.6 Å². The summed E-state index contributed by atoms with van der Waals surface area (Å²) < 4.78 is 5.39. The molecule has 0 fully saturated rings. The lowest BCUT2D eigenvalue weighted by Crippen LogP contribution is -2.32. The maximum Gasteiger partial charge on any atom is 0.345 e. The van der Waals surface area contributed by atoms with Crippen molar-refractivity contribution in [2.24, 2.45) is 5.92 Å². The van der Waals surface area contributed by atoms with Crippen LogP contribution in [0.3, 0.4) is 0 Å². The molecule has 0 aliphatic carbocycles. The predicted molar refractivity (Wildman–Crippen MR) is 68.0 cm³/mol. The minimum Gasteiger partial charge on any atom is -0.478 e. The molecule has 0 saturated heterocycles. The van der Waals surface area contributed by atoms with Crippen LogP contribution in [0.2, 0.25) is 0 Å². The van der Waals surface area contributed by atoms with Crippen LogP contribution in [0.1, 0.15) is 37.6 Å². The minimum absolute atomic E-state index is 0.0557. The third kappa shape index (κ3) is 3.58. The smallest absolute Gasteiger partial charge is 0.345 e. The zero-order valence-corrected chi connectivity index (χ0v) is 10.8. The van der Waals surface area contributed by atoms with Gasteiger partial charge in [-0.15, -0.1) is 0 Å². The van der Waals surface area contributed by atoms with Crippen LogP contribution in [0.4, 0.5) is 0 Å². The monoisotopic (exact) mass is 250 g/mol. The summed E-state index contributed by atoms with van der Waals surface area (Å²) in [5.74, 6) is -0.595. The Bertz CT molecular complexity index is 420. The average Bonchev–Trinajstić information content (AvgIpc) is 2.35. The van der Waals surface area contributed by atoms with Crippen LogP contribution < -0.4 is 4.74 Å². The van der Waals surface area contributed by atoms with Gasteiger partial charge >= 0.3 is 5.97 Å². The Morgan fingerprint density at radius 1 is 1.22 bits per heavy atom. The molecule has 0 radical (unpaired) electrons. The molecular weight excluding hydrogens is 232 g/mol. The first-order valence-electron chi connectivity index (χ1n) is 5.98. The van der Waals surface area contributed by atoms with Gasteiger partial charge in [0.15, 0.2) is 11.9 Å². The van der Waals surface area contributed by atoms with Crippen molar-refractivity contribution in [3.8, 4) is 5.75 Å². The number of rotatable bonds is 6. The van der Waals surface area contributed by atoms with Gasteiger partial charge in [-0.2, -0.15) is 0 Å². The lowest BCUT2D eigenvalue weighted by Gasteiger charge is -2.18. The van der Waals surface area contributed by atoms with E-state index in [1.54, 1.807) is 45.0 Å². The van der Waals surface area contributed by atoms with Crippen LogP contribution in [0.25, 0.3) is 0 Å². The van der Waals surface area contributed by atoms with Gasteiger partial charge in [0.1, 0.15) is 5.75 Å². The van der Waals surface area contributed by atoms with Crippen molar-refractivity contribution in [1.29, 1.82) is 0 Å². The number of carboxylic acid groups (broad SMARTS) is 1. The fourth-order valence-corrected chi connectivity index (χ4v) is 1.54. The Morgan fingerprint density at radius 3 is 2.17 bits per heavy atom. The second-order valence-electron chi connectivity index (χ2n) is 4.42. The fourth-order valence-electron chi connectivity index (χ4n) is 1.54. The van der Waals surface area contributed by atoms with Gasteiger partial charge in [-0.1, -0.05) is 20.8 Å². The van der Waals surface area contributed by atoms with Crippen molar-refractivity contribution < 1.29 is 19.4 Å². The molecule has 0 spiro atoms. The Morgan fingerprint density at radius 2 is 1.78 bits per heavy atom. The van der Waals surface area contributed by atoms with Gasteiger partial charge in [-0.3, -0.25) is 4.79 Å². The summed E-state index contributed by atoms with van der Waals surface area (Å²) in [6.07, 6.45) is -0.429. The molecule has 0 aliphatic heterocycles. The molecule has 4 heteroatoms. The van der Waals surface area contributed by atoms with E-state index in [2.05, 4.69) is 0 Å². The SMILES string of the molecule is CCC(=O)c1ccc(OC(C(=O)O)C(C)C)cc1. The van der Waals surface area contributed by atoms with Crippen LogP contribution in [0.15, 0.2) is 24.3 Å². The molecule has 0 heterocycles. The van der Waals surface area contributed by atoms with Gasteiger partial charge in [0.25, 0.3) is 0 Å². The minimum atomic E-state index is -0.987. The molecule has 0 saturated carbocycles. The summed E-state index contributed by atoms with van der Waals surface area (Å²) in [5.41, 5.74) is 0.612. The van der Waals surface area contributed by atoms with Crippen LogP contribution in [0.5, 0.6) is 5.75 Å². The van der Waals surface area contributed by atoms with Gasteiger partial charge in [-0.05, 0) is 24.3 Å². The number of carboxylic acids is 1. The van der Waals surface area contributed by atoms with Crippen molar-refractivity contribution >= 4 is 11.8 Å². The Hall–Kier alpha value is -1.84. The summed E-state index contributed by atoms with van der Waals surface area (Å²) >= 11 is 0. The second-order valence-corrected chi connectivity index (χ2v) is 4.42. The first kappa shape index (κ1) is 14.2. The van der Waals surface area contributed by atoms with E-state index in [-0.39, 0.29) is 11.7 Å². The van der Waals surface area contributed by atoms with E-state index < -0.39 is 12.1 Å². The molecule has 1 rings (SSSR count). The van der Waals surface area contributed by atoms with E-state index >= 15 is 0 Å². The largest absolute Gasteiger partial charge is 0.478 e. The van der Waals surface area contributed by atoms with Gasteiger partial charge in [0.05, 0.1) is 0 Å².